The van der Waals surface area contributed by atoms with E-state index in [1.54, 1.807) is 7.11 Å². The predicted molar refractivity (Wildman–Crippen MR) is 75.5 cm³/mol. The lowest BCUT2D eigenvalue weighted by Crippen LogP contribution is -2.45. The molecule has 0 aromatic rings. The van der Waals surface area contributed by atoms with Gasteiger partial charge in [0, 0.05) is 20.2 Å². The van der Waals surface area contributed by atoms with Crippen molar-refractivity contribution in [2.24, 2.45) is 5.41 Å². The third kappa shape index (κ3) is 5.46. The van der Waals surface area contributed by atoms with E-state index in [0.717, 1.165) is 25.7 Å². The van der Waals surface area contributed by atoms with Crippen LogP contribution in [0.15, 0.2) is 0 Å². The lowest BCUT2D eigenvalue weighted by molar-refractivity contribution is -0.149. The highest BCUT2D eigenvalue weighted by molar-refractivity contribution is 5.80. The predicted octanol–water partition coefficient (Wildman–Crippen LogP) is 0.764. The van der Waals surface area contributed by atoms with Gasteiger partial charge in [-0.15, -0.1) is 0 Å². The van der Waals surface area contributed by atoms with Gasteiger partial charge in [0.2, 0.25) is 5.91 Å². The Balaban J connectivity index is 2.38. The summed E-state index contributed by atoms with van der Waals surface area (Å²) in [7, 11) is 1.60. The minimum Gasteiger partial charge on any atom is -0.481 e. The van der Waals surface area contributed by atoms with Crippen molar-refractivity contribution in [1.29, 1.82) is 0 Å². The zero-order valence-electron chi connectivity index (χ0n) is 12.2. The molecule has 116 valence electrons. The molecule has 1 rings (SSSR count). The fourth-order valence-corrected chi connectivity index (χ4v) is 2.58. The van der Waals surface area contributed by atoms with E-state index in [0.29, 0.717) is 26.0 Å². The molecular formula is C14H26N2O4. The summed E-state index contributed by atoms with van der Waals surface area (Å²) < 4.78 is 4.87. The summed E-state index contributed by atoms with van der Waals surface area (Å²) in [5.41, 5.74) is -0.779. The van der Waals surface area contributed by atoms with Crippen LogP contribution in [0.3, 0.4) is 0 Å². The Bertz CT molecular complexity index is 312. The first kappa shape index (κ1) is 16.9. The van der Waals surface area contributed by atoms with Gasteiger partial charge < -0.3 is 20.5 Å². The lowest BCUT2D eigenvalue weighted by Gasteiger charge is -2.28. The highest BCUT2D eigenvalue weighted by atomic mass is 16.5. The second kappa shape index (κ2) is 8.92. The summed E-state index contributed by atoms with van der Waals surface area (Å²) in [5.74, 6) is -0.946. The van der Waals surface area contributed by atoms with Crippen molar-refractivity contribution in [3.8, 4) is 0 Å². The molecule has 0 bridgehead atoms. The number of carboxylic acids is 1. The molecule has 0 saturated heterocycles. The van der Waals surface area contributed by atoms with E-state index in [2.05, 4.69) is 10.6 Å². The lowest BCUT2D eigenvalue weighted by atomic mass is 9.80. The second-order valence-electron chi connectivity index (χ2n) is 5.45. The first-order valence-electron chi connectivity index (χ1n) is 7.30. The van der Waals surface area contributed by atoms with Crippen LogP contribution in [0.4, 0.5) is 0 Å². The van der Waals surface area contributed by atoms with Gasteiger partial charge in [-0.1, -0.05) is 25.7 Å². The zero-order chi connectivity index (χ0) is 14.8. The van der Waals surface area contributed by atoms with Gasteiger partial charge in [-0.05, 0) is 12.8 Å². The smallest absolute Gasteiger partial charge is 0.311 e. The van der Waals surface area contributed by atoms with Crippen molar-refractivity contribution >= 4 is 11.9 Å². The Hall–Kier alpha value is -1.14. The summed E-state index contributed by atoms with van der Waals surface area (Å²) in [6.07, 6.45) is 5.32. The van der Waals surface area contributed by atoms with Crippen LogP contribution >= 0.6 is 0 Å². The number of aliphatic carboxylic acids is 1. The molecule has 1 fully saturated rings. The number of carbonyl (C=O) groups is 2. The Kier molecular flexibility index (Phi) is 7.54. The Morgan fingerprint density at radius 3 is 2.40 bits per heavy atom. The molecule has 20 heavy (non-hydrogen) atoms. The van der Waals surface area contributed by atoms with Gasteiger partial charge in [0.25, 0.3) is 0 Å². The fraction of sp³-hybridized carbons (Fsp3) is 0.857. The van der Waals surface area contributed by atoms with Crippen LogP contribution in [-0.4, -0.2) is 50.3 Å². The first-order chi connectivity index (χ1) is 9.60. The van der Waals surface area contributed by atoms with E-state index in [-0.39, 0.29) is 19.0 Å². The van der Waals surface area contributed by atoms with Gasteiger partial charge in [0.05, 0.1) is 18.6 Å². The molecule has 0 unspecified atom stereocenters. The first-order valence-corrected chi connectivity index (χ1v) is 7.30. The zero-order valence-corrected chi connectivity index (χ0v) is 12.2. The maximum atomic E-state index is 11.7. The number of amides is 1. The van der Waals surface area contributed by atoms with Crippen LogP contribution in [0.25, 0.3) is 0 Å². The molecule has 1 amide bonds. The van der Waals surface area contributed by atoms with Crippen molar-refractivity contribution < 1.29 is 19.4 Å². The Morgan fingerprint density at radius 2 is 1.85 bits per heavy atom. The number of carbonyl (C=O) groups excluding carboxylic acids is 1. The van der Waals surface area contributed by atoms with E-state index in [1.807, 2.05) is 0 Å². The highest BCUT2D eigenvalue weighted by Gasteiger charge is 2.38. The third-order valence-electron chi connectivity index (χ3n) is 3.91. The molecule has 3 N–H and O–H groups in total. The normalized spacial score (nSPS) is 18.2. The highest BCUT2D eigenvalue weighted by Crippen LogP contribution is 2.34. The van der Waals surface area contributed by atoms with Gasteiger partial charge in [-0.2, -0.15) is 0 Å². The number of rotatable bonds is 8. The third-order valence-corrected chi connectivity index (χ3v) is 3.91. The Labute approximate surface area is 120 Å². The molecule has 0 radical (unpaired) electrons. The summed E-state index contributed by atoms with van der Waals surface area (Å²) >= 11 is 0. The molecule has 6 nitrogen and oxygen atoms in total. The summed E-state index contributed by atoms with van der Waals surface area (Å²) in [6, 6.07) is 0. The van der Waals surface area contributed by atoms with E-state index in [1.165, 1.54) is 0 Å². The van der Waals surface area contributed by atoms with Crippen LogP contribution < -0.4 is 10.6 Å². The van der Waals surface area contributed by atoms with E-state index >= 15 is 0 Å². The van der Waals surface area contributed by atoms with Crippen LogP contribution in [0.5, 0.6) is 0 Å². The van der Waals surface area contributed by atoms with Crippen molar-refractivity contribution in [3.63, 3.8) is 0 Å². The SMILES string of the molecule is COCCNCC(=O)NCC1(C(=O)O)CCCCCC1. The topological polar surface area (TPSA) is 87.7 Å². The van der Waals surface area contributed by atoms with Crippen LogP contribution in [0.2, 0.25) is 0 Å². The van der Waals surface area contributed by atoms with Crippen LogP contribution in [-0.2, 0) is 14.3 Å². The molecule has 0 heterocycles. The molecule has 6 heteroatoms. The molecular weight excluding hydrogens is 260 g/mol. The van der Waals surface area contributed by atoms with Gasteiger partial charge in [-0.3, -0.25) is 9.59 Å². The maximum Gasteiger partial charge on any atom is 0.311 e. The number of carboxylic acid groups (broad SMARTS) is 1. The second-order valence-corrected chi connectivity index (χ2v) is 5.45. The average molecular weight is 286 g/mol. The van der Waals surface area contributed by atoms with Gasteiger partial charge in [-0.25, -0.2) is 0 Å². The standard InChI is InChI=1S/C14H26N2O4/c1-20-9-8-15-10-12(17)16-11-14(13(18)19)6-4-2-3-5-7-14/h15H,2-11H2,1H3,(H,16,17)(H,18,19). The molecule has 0 aromatic heterocycles. The Morgan fingerprint density at radius 1 is 1.20 bits per heavy atom. The molecule has 1 aliphatic carbocycles. The minimum atomic E-state index is -0.785. The molecule has 0 atom stereocenters. The average Bonchev–Trinajstić information content (AvgIpc) is 2.68. The van der Waals surface area contributed by atoms with E-state index < -0.39 is 11.4 Å². The molecule has 0 aromatic carbocycles. The van der Waals surface area contributed by atoms with Crippen LogP contribution in [0.1, 0.15) is 38.5 Å². The number of methoxy groups -OCH3 is 1. The summed E-state index contributed by atoms with van der Waals surface area (Å²) in [5, 5.41) is 15.2. The van der Waals surface area contributed by atoms with Crippen LogP contribution in [0, 0.1) is 5.41 Å². The molecule has 1 aliphatic rings. The van der Waals surface area contributed by atoms with E-state index in [4.69, 9.17) is 4.74 Å². The van der Waals surface area contributed by atoms with Gasteiger partial charge in [0.1, 0.15) is 0 Å². The monoisotopic (exact) mass is 286 g/mol. The number of ether oxygens (including phenoxy) is 1. The number of nitrogens with one attached hydrogen (secondary N) is 2. The maximum absolute atomic E-state index is 11.7. The molecule has 0 aliphatic heterocycles. The molecule has 0 spiro atoms. The van der Waals surface area contributed by atoms with Gasteiger partial charge >= 0.3 is 5.97 Å². The molecule has 1 saturated carbocycles. The fourth-order valence-electron chi connectivity index (χ4n) is 2.58. The number of hydrogen-bond donors (Lipinski definition) is 3. The van der Waals surface area contributed by atoms with Gasteiger partial charge in [0.15, 0.2) is 0 Å². The van der Waals surface area contributed by atoms with Crippen molar-refractivity contribution in [2.75, 3.05) is 33.4 Å². The minimum absolute atomic E-state index is 0.161. The largest absolute Gasteiger partial charge is 0.481 e. The summed E-state index contributed by atoms with van der Waals surface area (Å²) in [4.78, 5) is 23.2. The van der Waals surface area contributed by atoms with Crippen molar-refractivity contribution in [1.82, 2.24) is 10.6 Å². The van der Waals surface area contributed by atoms with Crippen molar-refractivity contribution in [2.45, 2.75) is 38.5 Å². The summed E-state index contributed by atoms with van der Waals surface area (Å²) in [6.45, 7) is 1.58. The van der Waals surface area contributed by atoms with E-state index in [9.17, 15) is 14.7 Å². The quantitative estimate of drug-likeness (QED) is 0.453. The number of hydrogen-bond acceptors (Lipinski definition) is 4. The van der Waals surface area contributed by atoms with Crippen molar-refractivity contribution in [3.05, 3.63) is 0 Å².